The van der Waals surface area contributed by atoms with Crippen molar-refractivity contribution in [3.63, 3.8) is 0 Å². The first-order chi connectivity index (χ1) is 24.6. The number of pyridine rings is 1. The second-order valence-electron chi connectivity index (χ2n) is 13.9. The number of aromatic nitrogens is 1. The topological polar surface area (TPSA) is 131 Å². The summed E-state index contributed by atoms with van der Waals surface area (Å²) in [6, 6.07) is 18.3. The van der Waals surface area contributed by atoms with Crippen LogP contribution in [0.4, 0.5) is 21.9 Å². The number of nitriles is 1. The molecule has 2 aromatic heterocycles. The first-order valence-electron chi connectivity index (χ1n) is 17.5. The molecule has 2 N–H and O–H groups in total. The zero-order valence-electron chi connectivity index (χ0n) is 29.1. The molecule has 3 aliphatic rings. The maximum absolute atomic E-state index is 13.8. The van der Waals surface area contributed by atoms with Crippen LogP contribution < -0.4 is 20.3 Å². The van der Waals surface area contributed by atoms with E-state index in [2.05, 4.69) is 40.4 Å². The van der Waals surface area contributed by atoms with Gasteiger partial charge in [0.25, 0.3) is 11.8 Å². The van der Waals surface area contributed by atoms with Crippen molar-refractivity contribution in [2.75, 3.05) is 36.4 Å². The van der Waals surface area contributed by atoms with Gasteiger partial charge >= 0.3 is 6.03 Å². The summed E-state index contributed by atoms with van der Waals surface area (Å²) in [7, 11) is 0. The number of aryl methyl sites for hydroxylation is 1. The number of carbonyl (C=O) groups excluding carboxylic acids is 3. The molecule has 51 heavy (non-hydrogen) atoms. The zero-order chi connectivity index (χ0) is 35.7. The van der Waals surface area contributed by atoms with Gasteiger partial charge in [-0.1, -0.05) is 24.6 Å². The summed E-state index contributed by atoms with van der Waals surface area (Å²) in [6.07, 6.45) is 8.24. The average Bonchev–Trinajstić information content (AvgIpc) is 3.51. The van der Waals surface area contributed by atoms with Crippen molar-refractivity contribution >= 4 is 56.5 Å². The van der Waals surface area contributed by atoms with Gasteiger partial charge in [0.05, 0.1) is 22.4 Å². The zero-order valence-corrected chi connectivity index (χ0v) is 29.9. The minimum Gasteiger partial charge on any atom is -0.457 e. The number of nitrogens with zero attached hydrogens (tertiary/aromatic N) is 5. The Morgan fingerprint density at radius 1 is 1.06 bits per heavy atom. The van der Waals surface area contributed by atoms with Crippen molar-refractivity contribution in [3.8, 4) is 17.6 Å². The standard InChI is InChI=1S/C39H41N7O4S/c1-25-10-5-6-12-31(25)50-29-15-13-28(14-16-29)46-30-17-18-41-36-32(30)33(43-38(46)49)34(51-36)35(47)42-27-11-9-19-44(24-27)37(48)26(23-40)22-39(2,3)45-20-7-4-8-21-45/h5-6,10,12-18,22,27H,4,7-9,11,19-21,24H2,1-3H3,(H,42,47)(H,43,49). The van der Waals surface area contributed by atoms with Crippen molar-refractivity contribution in [1.29, 1.82) is 5.26 Å². The second kappa shape index (κ2) is 14.2. The number of benzene rings is 2. The smallest absolute Gasteiger partial charge is 0.331 e. The summed E-state index contributed by atoms with van der Waals surface area (Å²) in [5, 5.41) is 16.7. The molecule has 4 aromatic rings. The number of thiophene rings is 1. The minimum absolute atomic E-state index is 0.130. The first-order valence-corrected chi connectivity index (χ1v) is 18.3. The molecule has 1 unspecified atom stereocenters. The lowest BCUT2D eigenvalue weighted by atomic mass is 9.95. The van der Waals surface area contributed by atoms with Gasteiger partial charge in [-0.05, 0) is 108 Å². The molecule has 262 valence electrons. The van der Waals surface area contributed by atoms with Gasteiger partial charge in [-0.2, -0.15) is 5.26 Å². The molecule has 12 heteroatoms. The molecule has 0 saturated carbocycles. The van der Waals surface area contributed by atoms with E-state index in [9.17, 15) is 19.6 Å². The number of ether oxygens (including phenoxy) is 1. The molecule has 5 heterocycles. The van der Waals surface area contributed by atoms with Crippen molar-refractivity contribution in [3.05, 3.63) is 82.9 Å². The van der Waals surface area contributed by atoms with Gasteiger partial charge in [-0.3, -0.25) is 19.4 Å². The molecule has 0 bridgehead atoms. The van der Waals surface area contributed by atoms with Crippen LogP contribution in [0.1, 0.15) is 61.2 Å². The molecule has 0 aliphatic carbocycles. The summed E-state index contributed by atoms with van der Waals surface area (Å²) in [4.78, 5) is 52.1. The molecule has 4 amide bonds. The predicted octanol–water partition coefficient (Wildman–Crippen LogP) is 7.52. The van der Waals surface area contributed by atoms with Crippen LogP contribution in [0, 0.1) is 18.3 Å². The Hall–Kier alpha value is -5.25. The normalized spacial score (nSPS) is 18.3. The highest BCUT2D eigenvalue weighted by molar-refractivity contribution is 7.21. The summed E-state index contributed by atoms with van der Waals surface area (Å²) in [5.41, 5.74) is 2.42. The van der Waals surface area contributed by atoms with Gasteiger partial charge in [-0.15, -0.1) is 11.3 Å². The lowest BCUT2D eigenvalue weighted by molar-refractivity contribution is -0.128. The Labute approximate surface area is 301 Å². The van der Waals surface area contributed by atoms with Crippen LogP contribution in [0.15, 0.2) is 72.4 Å². The van der Waals surface area contributed by atoms with Gasteiger partial charge in [0.15, 0.2) is 0 Å². The number of urea groups is 1. The van der Waals surface area contributed by atoms with Crippen molar-refractivity contribution in [2.24, 2.45) is 0 Å². The van der Waals surface area contributed by atoms with Crippen molar-refractivity contribution < 1.29 is 19.1 Å². The molecule has 0 spiro atoms. The lowest BCUT2D eigenvalue weighted by Crippen LogP contribution is -2.50. The van der Waals surface area contributed by atoms with Crippen LogP contribution >= 0.6 is 11.3 Å². The summed E-state index contributed by atoms with van der Waals surface area (Å²) in [6.45, 7) is 8.78. The molecule has 1 atom stereocenters. The SMILES string of the molecule is Cc1ccccc1Oc1ccc(N2C(=O)Nc3c(C(=O)NC4CCCN(C(=O)C(C#N)=CC(C)(C)N5CCCCC5)C4)sc4nccc2c34)cc1. The molecular formula is C39H41N7O4S. The molecule has 2 aromatic carbocycles. The molecular weight excluding hydrogens is 663 g/mol. The number of hydrogen-bond donors (Lipinski definition) is 2. The Kier molecular flexibility index (Phi) is 9.50. The fourth-order valence-corrected chi connectivity index (χ4v) is 8.24. The van der Waals surface area contributed by atoms with Gasteiger partial charge in [-0.25, -0.2) is 9.78 Å². The van der Waals surface area contributed by atoms with E-state index < -0.39 is 11.6 Å². The maximum atomic E-state index is 13.8. The number of hydrogen-bond acceptors (Lipinski definition) is 8. The van der Waals surface area contributed by atoms with E-state index in [4.69, 9.17) is 4.74 Å². The number of rotatable bonds is 8. The Morgan fingerprint density at radius 3 is 2.57 bits per heavy atom. The molecule has 2 fully saturated rings. The van der Waals surface area contributed by atoms with E-state index in [0.717, 1.165) is 37.2 Å². The Bertz CT molecular complexity index is 2060. The van der Waals surface area contributed by atoms with Gasteiger partial charge in [0.1, 0.15) is 32.8 Å². The number of piperidine rings is 2. The summed E-state index contributed by atoms with van der Waals surface area (Å²) in [5.74, 6) is 0.750. The van der Waals surface area contributed by atoms with Crippen LogP contribution in [0.25, 0.3) is 10.2 Å². The number of amides is 4. The highest BCUT2D eigenvalue weighted by Crippen LogP contribution is 2.46. The van der Waals surface area contributed by atoms with E-state index in [1.807, 2.05) is 55.5 Å². The van der Waals surface area contributed by atoms with E-state index in [0.29, 0.717) is 63.8 Å². The number of likely N-dealkylation sites (tertiary alicyclic amines) is 2. The van der Waals surface area contributed by atoms with Crippen LogP contribution in [-0.2, 0) is 4.79 Å². The molecule has 11 nitrogen and oxygen atoms in total. The van der Waals surface area contributed by atoms with E-state index in [1.54, 1.807) is 28.1 Å². The second-order valence-corrected chi connectivity index (χ2v) is 14.9. The monoisotopic (exact) mass is 703 g/mol. The van der Waals surface area contributed by atoms with Crippen molar-refractivity contribution in [2.45, 2.75) is 64.5 Å². The fraction of sp³-hybridized carbons (Fsp3) is 0.359. The van der Waals surface area contributed by atoms with Gasteiger partial charge in [0.2, 0.25) is 0 Å². The third kappa shape index (κ3) is 6.92. The largest absolute Gasteiger partial charge is 0.457 e. The van der Waals surface area contributed by atoms with E-state index in [-0.39, 0.29) is 23.4 Å². The number of nitrogens with one attached hydrogen (secondary N) is 2. The van der Waals surface area contributed by atoms with E-state index >= 15 is 0 Å². The van der Waals surface area contributed by atoms with Crippen LogP contribution in [0.5, 0.6) is 11.5 Å². The average molecular weight is 704 g/mol. The Balaban J connectivity index is 1.07. The highest BCUT2D eigenvalue weighted by atomic mass is 32.1. The van der Waals surface area contributed by atoms with Crippen LogP contribution in [0.2, 0.25) is 0 Å². The molecule has 3 aliphatic heterocycles. The highest BCUT2D eigenvalue weighted by Gasteiger charge is 2.35. The van der Waals surface area contributed by atoms with E-state index in [1.165, 1.54) is 17.8 Å². The van der Waals surface area contributed by atoms with Gasteiger partial charge < -0.3 is 20.3 Å². The lowest BCUT2D eigenvalue weighted by Gasteiger charge is -2.39. The number of para-hydroxylation sites is 1. The Morgan fingerprint density at radius 2 is 1.82 bits per heavy atom. The molecule has 7 rings (SSSR count). The number of anilines is 3. The van der Waals surface area contributed by atoms with Crippen LogP contribution in [-0.4, -0.2) is 70.4 Å². The quantitative estimate of drug-likeness (QED) is 0.143. The third-order valence-corrected chi connectivity index (χ3v) is 11.0. The van der Waals surface area contributed by atoms with Crippen molar-refractivity contribution in [1.82, 2.24) is 20.1 Å². The summed E-state index contributed by atoms with van der Waals surface area (Å²) < 4.78 is 6.05. The fourth-order valence-electron chi connectivity index (χ4n) is 7.22. The minimum atomic E-state index is -0.417. The summed E-state index contributed by atoms with van der Waals surface area (Å²) >= 11 is 1.22. The number of carbonyl (C=O) groups is 3. The third-order valence-electron chi connectivity index (χ3n) is 9.93. The molecule has 0 radical (unpaired) electrons. The maximum Gasteiger partial charge on any atom is 0.331 e. The first kappa shape index (κ1) is 34.2. The predicted molar refractivity (Wildman–Crippen MR) is 199 cm³/mol. The van der Waals surface area contributed by atoms with Crippen LogP contribution in [0.3, 0.4) is 0 Å². The van der Waals surface area contributed by atoms with Gasteiger partial charge in [0, 0.05) is 30.9 Å². The molecule has 2 saturated heterocycles.